The van der Waals surface area contributed by atoms with Crippen molar-refractivity contribution in [1.82, 2.24) is 0 Å². The van der Waals surface area contributed by atoms with E-state index in [1.807, 2.05) is 13.0 Å². The number of nitrogens with zero attached hydrogens (tertiary/aromatic N) is 1. The Bertz CT molecular complexity index is 140. The zero-order valence-electron chi connectivity index (χ0n) is 4.46. The molecule has 0 fully saturated rings. The Kier molecular flexibility index (Phi) is 3.71. The van der Waals surface area contributed by atoms with Crippen molar-refractivity contribution >= 4 is 63.7 Å². The maximum Gasteiger partial charge on any atom is 0.190 e. The van der Waals surface area contributed by atoms with Gasteiger partial charge in [-0.3, -0.25) is 0 Å². The quantitative estimate of drug-likeness (QED) is 0.635. The molecule has 0 rings (SSSR count). The fourth-order valence-corrected chi connectivity index (χ4v) is 0.275. The van der Waals surface area contributed by atoms with Gasteiger partial charge in [0.05, 0.1) is 6.07 Å². The molecule has 0 amide bonds. The number of rotatable bonds is 1. The van der Waals surface area contributed by atoms with Gasteiger partial charge in [-0.2, -0.15) is 5.26 Å². The number of halogens is 4. The van der Waals surface area contributed by atoms with E-state index in [4.69, 9.17) is 5.26 Å². The van der Waals surface area contributed by atoms with Crippen LogP contribution in [0, 0.1) is 11.3 Å². The fraction of sp³-hybridized carbons (Fsp3) is 0.750. The lowest BCUT2D eigenvalue weighted by atomic mass is 10.4. The van der Waals surface area contributed by atoms with Crippen molar-refractivity contribution in [1.29, 1.82) is 5.26 Å². The molecule has 0 aliphatic heterocycles. The Labute approximate surface area is 87.7 Å². The second-order valence-electron chi connectivity index (χ2n) is 1.57. The molecule has 0 unspecified atom stereocenters. The predicted octanol–water partition coefficient (Wildman–Crippen LogP) is 3.50. The largest absolute Gasteiger partial charge is 0.196 e. The summed E-state index contributed by atoms with van der Waals surface area (Å²) < 4.78 is -1.21. The highest BCUT2D eigenvalue weighted by molar-refractivity contribution is 9.30. The SMILES string of the molecule is CC(Br)(Br)C(Br)(Br)C#N. The normalized spacial score (nSPS) is 12.9. The molecule has 0 spiro atoms. The third-order valence-corrected chi connectivity index (χ3v) is 5.95. The van der Waals surface area contributed by atoms with Gasteiger partial charge in [0.15, 0.2) is 3.23 Å². The van der Waals surface area contributed by atoms with E-state index in [-0.39, 0.29) is 0 Å². The maximum atomic E-state index is 8.53. The first-order valence-corrected chi connectivity index (χ1v) is 5.15. The van der Waals surface area contributed by atoms with Gasteiger partial charge < -0.3 is 0 Å². The van der Waals surface area contributed by atoms with Gasteiger partial charge in [0.25, 0.3) is 0 Å². The molecule has 0 N–H and O–H groups in total. The van der Waals surface area contributed by atoms with Crippen LogP contribution in [-0.4, -0.2) is 6.47 Å². The minimum absolute atomic E-state index is 0.457. The third kappa shape index (κ3) is 2.87. The monoisotopic (exact) mass is 381 g/mol. The molecule has 0 saturated carbocycles. The van der Waals surface area contributed by atoms with Gasteiger partial charge in [0.1, 0.15) is 3.23 Å². The molecule has 5 heteroatoms. The summed E-state index contributed by atoms with van der Waals surface area (Å²) in [6, 6.07) is 2.02. The first-order valence-electron chi connectivity index (χ1n) is 1.98. The van der Waals surface area contributed by atoms with E-state index in [2.05, 4.69) is 63.7 Å². The number of hydrogen-bond acceptors (Lipinski definition) is 1. The molecule has 0 radical (unpaired) electrons. The van der Waals surface area contributed by atoms with Crippen LogP contribution < -0.4 is 0 Å². The molecule has 0 bridgehead atoms. The standard InChI is InChI=1S/C4H3Br4N/c1-3(5,6)4(7,8)2-9/h1H3. The summed E-state index contributed by atoms with van der Waals surface area (Å²) in [7, 11) is 0. The van der Waals surface area contributed by atoms with Gasteiger partial charge in [-0.15, -0.1) is 0 Å². The summed E-state index contributed by atoms with van der Waals surface area (Å²) in [5.41, 5.74) is 0. The van der Waals surface area contributed by atoms with Crippen LogP contribution in [0.3, 0.4) is 0 Å². The first-order chi connectivity index (χ1) is 3.81. The summed E-state index contributed by atoms with van der Waals surface area (Å²) in [6.45, 7) is 1.82. The minimum Gasteiger partial charge on any atom is -0.196 e. The molecule has 0 aromatic rings. The minimum atomic E-state index is -0.757. The van der Waals surface area contributed by atoms with Crippen LogP contribution in [-0.2, 0) is 0 Å². The van der Waals surface area contributed by atoms with E-state index in [0.29, 0.717) is 0 Å². The van der Waals surface area contributed by atoms with Gasteiger partial charge >= 0.3 is 0 Å². The van der Waals surface area contributed by atoms with Crippen molar-refractivity contribution in [2.75, 3.05) is 0 Å². The lowest BCUT2D eigenvalue weighted by Gasteiger charge is -2.23. The molecular formula is C4H3Br4N. The second kappa shape index (κ2) is 3.21. The predicted molar refractivity (Wildman–Crippen MR) is 52.5 cm³/mol. The van der Waals surface area contributed by atoms with Gasteiger partial charge in [0, 0.05) is 0 Å². The summed E-state index contributed by atoms with van der Waals surface area (Å²) in [5, 5.41) is 8.53. The Morgan fingerprint density at radius 3 is 1.56 bits per heavy atom. The average Bonchev–Trinajstić information content (AvgIpc) is 1.64. The van der Waals surface area contributed by atoms with Crippen molar-refractivity contribution < 1.29 is 0 Å². The number of nitriles is 1. The first kappa shape index (κ1) is 10.4. The van der Waals surface area contributed by atoms with Crippen molar-refractivity contribution in [2.24, 2.45) is 0 Å². The van der Waals surface area contributed by atoms with Crippen LogP contribution in [0.4, 0.5) is 0 Å². The van der Waals surface area contributed by atoms with Gasteiger partial charge in [-0.1, -0.05) is 63.7 Å². The van der Waals surface area contributed by atoms with Crippen LogP contribution >= 0.6 is 63.7 Å². The average molecular weight is 385 g/mol. The maximum absolute atomic E-state index is 8.53. The zero-order valence-corrected chi connectivity index (χ0v) is 10.8. The van der Waals surface area contributed by atoms with E-state index in [9.17, 15) is 0 Å². The molecule has 0 aromatic carbocycles. The topological polar surface area (TPSA) is 23.8 Å². The highest BCUT2D eigenvalue weighted by atomic mass is 79.9. The second-order valence-corrected chi connectivity index (χ2v) is 9.25. The van der Waals surface area contributed by atoms with Crippen molar-refractivity contribution in [3.8, 4) is 6.07 Å². The summed E-state index contributed by atoms with van der Waals surface area (Å²) in [4.78, 5) is 0. The van der Waals surface area contributed by atoms with Gasteiger partial charge in [-0.25, -0.2) is 0 Å². The number of alkyl halides is 4. The molecule has 0 aromatic heterocycles. The Morgan fingerprint density at radius 1 is 1.22 bits per heavy atom. The smallest absolute Gasteiger partial charge is 0.190 e. The lowest BCUT2D eigenvalue weighted by molar-refractivity contribution is 0.952. The van der Waals surface area contributed by atoms with E-state index in [0.717, 1.165) is 0 Å². The number of hydrogen-bond donors (Lipinski definition) is 0. The molecule has 52 valence electrons. The van der Waals surface area contributed by atoms with Crippen LogP contribution in [0.5, 0.6) is 0 Å². The Hall–Kier alpha value is 1.41. The van der Waals surface area contributed by atoms with Crippen LogP contribution in [0.2, 0.25) is 0 Å². The fourth-order valence-electron chi connectivity index (χ4n) is 0.0982. The van der Waals surface area contributed by atoms with E-state index in [1.54, 1.807) is 0 Å². The summed E-state index contributed by atoms with van der Waals surface area (Å²) in [6.07, 6.45) is 0. The molecule has 0 saturated heterocycles. The van der Waals surface area contributed by atoms with Crippen molar-refractivity contribution in [2.45, 2.75) is 13.4 Å². The van der Waals surface area contributed by atoms with E-state index < -0.39 is 6.47 Å². The van der Waals surface area contributed by atoms with E-state index in [1.165, 1.54) is 0 Å². The Morgan fingerprint density at radius 2 is 1.56 bits per heavy atom. The van der Waals surface area contributed by atoms with Crippen LogP contribution in [0.1, 0.15) is 6.92 Å². The highest BCUT2D eigenvalue weighted by Crippen LogP contribution is 2.47. The summed E-state index contributed by atoms with van der Waals surface area (Å²) in [5.74, 6) is 0. The highest BCUT2D eigenvalue weighted by Gasteiger charge is 2.41. The molecule has 0 aliphatic rings. The van der Waals surface area contributed by atoms with E-state index >= 15 is 0 Å². The zero-order chi connectivity index (χ0) is 7.71. The molecule has 0 heterocycles. The van der Waals surface area contributed by atoms with Gasteiger partial charge in [0.2, 0.25) is 0 Å². The van der Waals surface area contributed by atoms with Crippen molar-refractivity contribution in [3.63, 3.8) is 0 Å². The molecule has 1 nitrogen and oxygen atoms in total. The molecule has 9 heavy (non-hydrogen) atoms. The molecule has 0 aliphatic carbocycles. The molecular weight excluding hydrogens is 382 g/mol. The lowest BCUT2D eigenvalue weighted by Crippen LogP contribution is -2.28. The van der Waals surface area contributed by atoms with Crippen molar-refractivity contribution in [3.05, 3.63) is 0 Å². The third-order valence-electron chi connectivity index (χ3n) is 0.692. The van der Waals surface area contributed by atoms with Gasteiger partial charge in [-0.05, 0) is 6.92 Å². The van der Waals surface area contributed by atoms with Crippen LogP contribution in [0.25, 0.3) is 0 Å². The molecule has 0 atom stereocenters. The van der Waals surface area contributed by atoms with Crippen LogP contribution in [0.15, 0.2) is 0 Å². The Balaban J connectivity index is 4.39. The summed E-state index contributed by atoms with van der Waals surface area (Å²) >= 11 is 12.8.